The standard InChI is InChI=1S/C15H20N2O4/c18-11(16-3-5-21-6-4-16)8-17-14(19)12-9-1-2-10(7-9)13(12)15(17)20/h9-10,12-13H,1-8H2/t9-,10+,12-,13-/m1/s1. The summed E-state index contributed by atoms with van der Waals surface area (Å²) in [5.74, 6) is 0.160. The molecule has 4 rings (SSSR count). The van der Waals surface area contributed by atoms with Crippen molar-refractivity contribution in [3.05, 3.63) is 0 Å². The molecule has 21 heavy (non-hydrogen) atoms. The Labute approximate surface area is 123 Å². The van der Waals surface area contributed by atoms with Gasteiger partial charge >= 0.3 is 0 Å². The zero-order valence-corrected chi connectivity index (χ0v) is 12.0. The second kappa shape index (κ2) is 4.80. The van der Waals surface area contributed by atoms with Gasteiger partial charge in [-0.2, -0.15) is 0 Å². The highest BCUT2D eigenvalue weighted by atomic mass is 16.5. The van der Waals surface area contributed by atoms with Crippen molar-refractivity contribution in [1.29, 1.82) is 0 Å². The lowest BCUT2D eigenvalue weighted by Crippen LogP contribution is -2.47. The van der Waals surface area contributed by atoms with Gasteiger partial charge in [-0.25, -0.2) is 0 Å². The molecule has 4 fully saturated rings. The molecule has 6 heteroatoms. The fraction of sp³-hybridized carbons (Fsp3) is 0.800. The normalized spacial score (nSPS) is 38.3. The molecule has 2 bridgehead atoms. The number of hydrogen-bond acceptors (Lipinski definition) is 4. The molecule has 0 radical (unpaired) electrons. The molecular formula is C15H20N2O4. The van der Waals surface area contributed by atoms with E-state index in [0.29, 0.717) is 38.1 Å². The molecule has 3 amide bonds. The summed E-state index contributed by atoms with van der Waals surface area (Å²) in [4.78, 5) is 40.2. The monoisotopic (exact) mass is 292 g/mol. The van der Waals surface area contributed by atoms with E-state index in [9.17, 15) is 14.4 Å². The Hall–Kier alpha value is -1.43. The summed E-state index contributed by atoms with van der Waals surface area (Å²) in [6.45, 7) is 2.08. The van der Waals surface area contributed by atoms with Gasteiger partial charge < -0.3 is 9.64 Å². The molecule has 4 atom stereocenters. The smallest absolute Gasteiger partial charge is 0.242 e. The maximum atomic E-state index is 12.5. The van der Waals surface area contributed by atoms with E-state index in [1.165, 1.54) is 4.90 Å². The van der Waals surface area contributed by atoms with E-state index >= 15 is 0 Å². The van der Waals surface area contributed by atoms with Crippen LogP contribution in [0.3, 0.4) is 0 Å². The number of imide groups is 1. The van der Waals surface area contributed by atoms with E-state index < -0.39 is 0 Å². The Kier molecular flexibility index (Phi) is 3.03. The third-order valence-corrected chi connectivity index (χ3v) is 5.68. The van der Waals surface area contributed by atoms with Crippen LogP contribution in [0.15, 0.2) is 0 Å². The Balaban J connectivity index is 1.47. The Bertz CT molecular complexity index is 472. The molecule has 0 unspecified atom stereocenters. The maximum Gasteiger partial charge on any atom is 0.242 e. The van der Waals surface area contributed by atoms with E-state index in [4.69, 9.17) is 4.74 Å². The SMILES string of the molecule is O=C(CN1C(=O)[C@@H]2[C@@H]3CC[C@@H](C3)[C@H]2C1=O)N1CCOCC1. The van der Waals surface area contributed by atoms with Gasteiger partial charge in [0.05, 0.1) is 25.0 Å². The molecule has 114 valence electrons. The summed E-state index contributed by atoms with van der Waals surface area (Å²) < 4.78 is 5.22. The minimum atomic E-state index is -0.132. The van der Waals surface area contributed by atoms with Crippen LogP contribution >= 0.6 is 0 Å². The van der Waals surface area contributed by atoms with Crippen molar-refractivity contribution in [2.24, 2.45) is 23.7 Å². The molecule has 2 heterocycles. The first-order valence-electron chi connectivity index (χ1n) is 7.87. The van der Waals surface area contributed by atoms with Crippen molar-refractivity contribution in [3.8, 4) is 0 Å². The molecule has 2 saturated heterocycles. The van der Waals surface area contributed by atoms with Crippen LogP contribution in [0.2, 0.25) is 0 Å². The second-order valence-corrected chi connectivity index (χ2v) is 6.64. The second-order valence-electron chi connectivity index (χ2n) is 6.64. The van der Waals surface area contributed by atoms with Crippen molar-refractivity contribution in [1.82, 2.24) is 9.80 Å². The van der Waals surface area contributed by atoms with Crippen molar-refractivity contribution < 1.29 is 19.1 Å². The van der Waals surface area contributed by atoms with E-state index in [1.807, 2.05) is 0 Å². The zero-order valence-electron chi connectivity index (χ0n) is 12.0. The lowest BCUT2D eigenvalue weighted by Gasteiger charge is -2.28. The Morgan fingerprint density at radius 1 is 1.05 bits per heavy atom. The Morgan fingerprint density at radius 3 is 2.19 bits per heavy atom. The number of nitrogens with zero attached hydrogens (tertiary/aromatic N) is 2. The van der Waals surface area contributed by atoms with Crippen LogP contribution in [0.25, 0.3) is 0 Å². The molecule has 0 aromatic heterocycles. The van der Waals surface area contributed by atoms with Gasteiger partial charge in [-0.1, -0.05) is 0 Å². The van der Waals surface area contributed by atoms with Crippen LogP contribution in [-0.2, 0) is 19.1 Å². The summed E-state index contributed by atoms with van der Waals surface area (Å²) in [7, 11) is 0. The summed E-state index contributed by atoms with van der Waals surface area (Å²) in [5.41, 5.74) is 0. The lowest BCUT2D eigenvalue weighted by molar-refractivity contribution is -0.148. The molecule has 0 N–H and O–H groups in total. The van der Waals surface area contributed by atoms with Gasteiger partial charge in [-0.05, 0) is 31.1 Å². The van der Waals surface area contributed by atoms with Gasteiger partial charge in [0.15, 0.2) is 0 Å². The maximum absolute atomic E-state index is 12.5. The topological polar surface area (TPSA) is 66.9 Å². The van der Waals surface area contributed by atoms with Crippen molar-refractivity contribution in [2.45, 2.75) is 19.3 Å². The van der Waals surface area contributed by atoms with Gasteiger partial charge in [-0.15, -0.1) is 0 Å². The lowest BCUT2D eigenvalue weighted by atomic mass is 9.81. The minimum Gasteiger partial charge on any atom is -0.378 e. The Morgan fingerprint density at radius 2 is 1.62 bits per heavy atom. The highest BCUT2D eigenvalue weighted by molar-refractivity contribution is 6.08. The van der Waals surface area contributed by atoms with Gasteiger partial charge in [-0.3, -0.25) is 19.3 Å². The number of fused-ring (bicyclic) bond motifs is 5. The van der Waals surface area contributed by atoms with Crippen molar-refractivity contribution >= 4 is 17.7 Å². The van der Waals surface area contributed by atoms with Gasteiger partial charge in [0.25, 0.3) is 0 Å². The predicted octanol–water partition coefficient (Wildman–Crippen LogP) is -0.124. The molecular weight excluding hydrogens is 272 g/mol. The first-order chi connectivity index (χ1) is 10.2. The average molecular weight is 292 g/mol. The van der Waals surface area contributed by atoms with Crippen LogP contribution < -0.4 is 0 Å². The first-order valence-corrected chi connectivity index (χ1v) is 7.87. The first kappa shape index (κ1) is 13.2. The number of ether oxygens (including phenoxy) is 1. The number of hydrogen-bond donors (Lipinski definition) is 0. The molecule has 4 aliphatic rings. The number of carbonyl (C=O) groups is 3. The predicted molar refractivity (Wildman–Crippen MR) is 71.9 cm³/mol. The van der Waals surface area contributed by atoms with Crippen LogP contribution in [0, 0.1) is 23.7 Å². The molecule has 2 aliphatic carbocycles. The molecule has 0 aromatic rings. The van der Waals surface area contributed by atoms with E-state index in [2.05, 4.69) is 0 Å². The van der Waals surface area contributed by atoms with Crippen LogP contribution in [0.4, 0.5) is 0 Å². The van der Waals surface area contributed by atoms with Crippen LogP contribution in [0.5, 0.6) is 0 Å². The highest BCUT2D eigenvalue weighted by Crippen LogP contribution is 2.56. The summed E-state index contributed by atoms with van der Waals surface area (Å²) in [6.07, 6.45) is 3.16. The molecule has 0 aromatic carbocycles. The average Bonchev–Trinajstić information content (AvgIpc) is 3.18. The number of morpholine rings is 1. The van der Waals surface area contributed by atoms with Gasteiger partial charge in [0.1, 0.15) is 6.54 Å². The molecule has 2 aliphatic heterocycles. The van der Waals surface area contributed by atoms with E-state index in [-0.39, 0.29) is 36.1 Å². The van der Waals surface area contributed by atoms with Crippen LogP contribution in [-0.4, -0.2) is 60.4 Å². The largest absolute Gasteiger partial charge is 0.378 e. The molecule has 0 spiro atoms. The molecule has 2 saturated carbocycles. The van der Waals surface area contributed by atoms with Crippen molar-refractivity contribution in [3.63, 3.8) is 0 Å². The minimum absolute atomic E-state index is 0.0793. The fourth-order valence-electron chi connectivity index (χ4n) is 4.67. The van der Waals surface area contributed by atoms with Gasteiger partial charge in [0.2, 0.25) is 17.7 Å². The third-order valence-electron chi connectivity index (χ3n) is 5.68. The third kappa shape index (κ3) is 1.92. The van der Waals surface area contributed by atoms with E-state index in [1.54, 1.807) is 4.90 Å². The summed E-state index contributed by atoms with van der Waals surface area (Å²) in [5, 5.41) is 0. The number of likely N-dealkylation sites (tertiary alicyclic amines) is 1. The number of rotatable bonds is 2. The highest BCUT2D eigenvalue weighted by Gasteiger charge is 2.61. The molecule has 6 nitrogen and oxygen atoms in total. The fourth-order valence-corrected chi connectivity index (χ4v) is 4.67. The quantitative estimate of drug-likeness (QED) is 0.665. The summed E-state index contributed by atoms with van der Waals surface area (Å²) in [6, 6.07) is 0. The number of carbonyl (C=O) groups excluding carboxylic acids is 3. The van der Waals surface area contributed by atoms with Crippen LogP contribution in [0.1, 0.15) is 19.3 Å². The van der Waals surface area contributed by atoms with Crippen molar-refractivity contribution in [2.75, 3.05) is 32.8 Å². The summed E-state index contributed by atoms with van der Waals surface area (Å²) >= 11 is 0. The van der Waals surface area contributed by atoms with Gasteiger partial charge in [0, 0.05) is 13.1 Å². The van der Waals surface area contributed by atoms with E-state index in [0.717, 1.165) is 19.3 Å². The zero-order chi connectivity index (χ0) is 14.6. The number of amides is 3.